The van der Waals surface area contributed by atoms with Gasteiger partial charge in [-0.25, -0.2) is 9.37 Å². The highest BCUT2D eigenvalue weighted by molar-refractivity contribution is 6.31. The molecule has 0 aliphatic carbocycles. The molecule has 1 aromatic carbocycles. The second-order valence-corrected chi connectivity index (χ2v) is 9.47. The Morgan fingerprint density at radius 1 is 1.29 bits per heavy atom. The zero-order valence-electron chi connectivity index (χ0n) is 19.7. The van der Waals surface area contributed by atoms with Gasteiger partial charge < -0.3 is 14.8 Å². The van der Waals surface area contributed by atoms with Crippen molar-refractivity contribution in [3.8, 4) is 16.9 Å². The first kappa shape index (κ1) is 25.1. The van der Waals surface area contributed by atoms with Crippen LogP contribution in [0.4, 0.5) is 13.2 Å². The SMILES string of the molecule is CCc1nn(CC(C)(C)O)cc1-c1cnc2[nH]cc([C@H](C)c3c(OC(F)F)ccc(F)c3Cl)c2c1. The smallest absolute Gasteiger partial charge is 0.387 e. The molecule has 4 rings (SSSR count). The number of aliphatic hydroxyl groups is 1. The van der Waals surface area contributed by atoms with Crippen LogP contribution in [0.15, 0.2) is 36.8 Å². The van der Waals surface area contributed by atoms with Gasteiger partial charge in [-0.1, -0.05) is 25.4 Å². The lowest BCUT2D eigenvalue weighted by atomic mass is 9.91. The summed E-state index contributed by atoms with van der Waals surface area (Å²) in [5.74, 6) is -1.49. The third-order valence-corrected chi connectivity index (χ3v) is 6.19. The topological polar surface area (TPSA) is 76.0 Å². The maximum Gasteiger partial charge on any atom is 0.387 e. The molecule has 0 aliphatic heterocycles. The van der Waals surface area contributed by atoms with E-state index in [1.807, 2.05) is 19.2 Å². The van der Waals surface area contributed by atoms with Gasteiger partial charge in [0.2, 0.25) is 0 Å². The normalized spacial score (nSPS) is 13.1. The van der Waals surface area contributed by atoms with Gasteiger partial charge in [0.05, 0.1) is 22.9 Å². The van der Waals surface area contributed by atoms with Crippen LogP contribution in [0.5, 0.6) is 5.75 Å². The number of alkyl halides is 2. The molecular formula is C25H26ClF3N4O2. The summed E-state index contributed by atoms with van der Waals surface area (Å²) in [6, 6.07) is 4.08. The molecule has 0 fully saturated rings. The number of aryl methyl sites for hydroxylation is 1. The van der Waals surface area contributed by atoms with Crippen molar-refractivity contribution in [3.63, 3.8) is 0 Å². The molecule has 0 unspecified atom stereocenters. The number of hydrogen-bond donors (Lipinski definition) is 2. The summed E-state index contributed by atoms with van der Waals surface area (Å²) in [4.78, 5) is 7.61. The number of fused-ring (bicyclic) bond motifs is 1. The van der Waals surface area contributed by atoms with E-state index in [0.29, 0.717) is 24.2 Å². The van der Waals surface area contributed by atoms with Gasteiger partial charge >= 0.3 is 6.61 Å². The summed E-state index contributed by atoms with van der Waals surface area (Å²) >= 11 is 6.21. The Morgan fingerprint density at radius 2 is 2.03 bits per heavy atom. The van der Waals surface area contributed by atoms with E-state index in [4.69, 9.17) is 11.6 Å². The summed E-state index contributed by atoms with van der Waals surface area (Å²) in [6.45, 7) is 4.41. The summed E-state index contributed by atoms with van der Waals surface area (Å²) in [5.41, 5.74) is 3.01. The Labute approximate surface area is 205 Å². The standard InChI is InChI=1S/C25H26ClF3N4O2/c1-5-19-17(11-33(32-19)12-25(3,4)34)14-8-15-16(10-31-23(15)30-9-14)13(2)21-20(35-24(28)29)7-6-18(27)22(21)26/h6-11,13,24,34H,5,12H2,1-4H3,(H,30,31)/t13-/m0/s1. The molecule has 0 radical (unpaired) electrons. The molecule has 0 spiro atoms. The van der Waals surface area contributed by atoms with Gasteiger partial charge in [-0.15, -0.1) is 0 Å². The van der Waals surface area contributed by atoms with Crippen molar-refractivity contribution in [1.29, 1.82) is 0 Å². The van der Waals surface area contributed by atoms with Crippen molar-refractivity contribution < 1.29 is 23.0 Å². The Balaban J connectivity index is 1.80. The average Bonchev–Trinajstić information content (AvgIpc) is 3.37. The Morgan fingerprint density at radius 3 is 2.69 bits per heavy atom. The summed E-state index contributed by atoms with van der Waals surface area (Å²) in [7, 11) is 0. The summed E-state index contributed by atoms with van der Waals surface area (Å²) < 4.78 is 46.6. The van der Waals surface area contributed by atoms with Crippen LogP contribution in [0.1, 0.15) is 50.4 Å². The summed E-state index contributed by atoms with van der Waals surface area (Å²) in [5, 5.41) is 15.2. The number of aromatic nitrogens is 4. The fourth-order valence-electron chi connectivity index (χ4n) is 4.28. The first-order valence-electron chi connectivity index (χ1n) is 11.2. The van der Waals surface area contributed by atoms with Crippen molar-refractivity contribution in [3.05, 3.63) is 64.5 Å². The largest absolute Gasteiger partial charge is 0.434 e. The minimum Gasteiger partial charge on any atom is -0.434 e. The second-order valence-electron chi connectivity index (χ2n) is 9.09. The molecular weight excluding hydrogens is 481 g/mol. The molecule has 186 valence electrons. The van der Waals surface area contributed by atoms with Gasteiger partial charge in [-0.2, -0.15) is 13.9 Å². The highest BCUT2D eigenvalue weighted by Gasteiger charge is 2.25. The average molecular weight is 507 g/mol. The molecule has 3 aromatic heterocycles. The Bertz CT molecular complexity index is 1360. The van der Waals surface area contributed by atoms with E-state index < -0.39 is 23.9 Å². The third-order valence-electron chi connectivity index (χ3n) is 5.80. The minimum atomic E-state index is -3.08. The van der Waals surface area contributed by atoms with Crippen LogP contribution in [0.2, 0.25) is 5.02 Å². The molecule has 0 bridgehead atoms. The van der Waals surface area contributed by atoms with Crippen LogP contribution in [0.25, 0.3) is 22.2 Å². The highest BCUT2D eigenvalue weighted by atomic mass is 35.5. The first-order chi connectivity index (χ1) is 16.5. The summed E-state index contributed by atoms with van der Waals surface area (Å²) in [6.07, 6.45) is 5.97. The number of aromatic amines is 1. The number of benzene rings is 1. The van der Waals surface area contributed by atoms with E-state index in [1.165, 1.54) is 0 Å². The molecule has 0 aliphatic rings. The van der Waals surface area contributed by atoms with E-state index in [9.17, 15) is 18.3 Å². The molecule has 0 amide bonds. The van der Waals surface area contributed by atoms with Crippen LogP contribution < -0.4 is 4.74 Å². The van der Waals surface area contributed by atoms with Crippen molar-refractivity contribution in [2.45, 2.75) is 58.8 Å². The van der Waals surface area contributed by atoms with E-state index in [0.717, 1.165) is 34.3 Å². The fourth-order valence-corrected chi connectivity index (χ4v) is 4.60. The molecule has 10 heteroatoms. The molecule has 2 N–H and O–H groups in total. The number of rotatable bonds is 8. The zero-order valence-corrected chi connectivity index (χ0v) is 20.5. The van der Waals surface area contributed by atoms with Crippen LogP contribution in [0.3, 0.4) is 0 Å². The predicted octanol–water partition coefficient (Wildman–Crippen LogP) is 6.31. The minimum absolute atomic E-state index is 0.130. The van der Waals surface area contributed by atoms with Gasteiger partial charge in [0.1, 0.15) is 17.2 Å². The number of nitrogens with zero attached hydrogens (tertiary/aromatic N) is 3. The molecule has 1 atom stereocenters. The number of ether oxygens (including phenoxy) is 1. The zero-order chi connectivity index (χ0) is 25.5. The monoisotopic (exact) mass is 506 g/mol. The maximum absolute atomic E-state index is 14.3. The van der Waals surface area contributed by atoms with Crippen LogP contribution >= 0.6 is 11.6 Å². The maximum atomic E-state index is 14.3. The lowest BCUT2D eigenvalue weighted by molar-refractivity contribution is -0.0505. The Hall–Kier alpha value is -3.04. The lowest BCUT2D eigenvalue weighted by Crippen LogP contribution is -2.26. The van der Waals surface area contributed by atoms with E-state index >= 15 is 0 Å². The van der Waals surface area contributed by atoms with Crippen molar-refractivity contribution in [2.24, 2.45) is 0 Å². The molecule has 4 aromatic rings. The quantitative estimate of drug-likeness (QED) is 0.294. The van der Waals surface area contributed by atoms with E-state index in [1.54, 1.807) is 37.8 Å². The first-order valence-corrected chi connectivity index (χ1v) is 11.5. The Kier molecular flexibility index (Phi) is 6.83. The highest BCUT2D eigenvalue weighted by Crippen LogP contribution is 2.41. The third kappa shape index (κ3) is 5.16. The molecule has 35 heavy (non-hydrogen) atoms. The number of pyridine rings is 1. The van der Waals surface area contributed by atoms with Gasteiger partial charge in [0.15, 0.2) is 0 Å². The number of halogens is 4. The second kappa shape index (κ2) is 9.54. The van der Waals surface area contributed by atoms with Gasteiger partial charge in [0, 0.05) is 46.6 Å². The van der Waals surface area contributed by atoms with E-state index in [2.05, 4.69) is 19.8 Å². The molecule has 0 saturated heterocycles. The fraction of sp³-hybridized carbons (Fsp3) is 0.360. The van der Waals surface area contributed by atoms with E-state index in [-0.39, 0.29) is 16.3 Å². The molecule has 6 nitrogen and oxygen atoms in total. The lowest BCUT2D eigenvalue weighted by Gasteiger charge is -2.18. The van der Waals surface area contributed by atoms with Gasteiger partial charge in [-0.05, 0) is 44.0 Å². The van der Waals surface area contributed by atoms with Gasteiger partial charge in [0.25, 0.3) is 0 Å². The molecule has 3 heterocycles. The van der Waals surface area contributed by atoms with Crippen LogP contribution in [-0.2, 0) is 13.0 Å². The van der Waals surface area contributed by atoms with Crippen molar-refractivity contribution >= 4 is 22.6 Å². The van der Waals surface area contributed by atoms with Crippen LogP contribution in [-0.4, -0.2) is 37.1 Å². The number of hydrogen-bond acceptors (Lipinski definition) is 4. The predicted molar refractivity (Wildman–Crippen MR) is 129 cm³/mol. The number of nitrogens with one attached hydrogen (secondary N) is 1. The van der Waals surface area contributed by atoms with Crippen molar-refractivity contribution in [1.82, 2.24) is 19.7 Å². The van der Waals surface area contributed by atoms with Gasteiger partial charge in [-0.3, -0.25) is 4.68 Å². The van der Waals surface area contributed by atoms with Crippen molar-refractivity contribution in [2.75, 3.05) is 0 Å². The van der Waals surface area contributed by atoms with Crippen LogP contribution in [0, 0.1) is 5.82 Å². The number of H-pyrrole nitrogens is 1. The molecule has 0 saturated carbocycles.